The van der Waals surface area contributed by atoms with Crippen LogP contribution in [0, 0.1) is 0 Å². The predicted molar refractivity (Wildman–Crippen MR) is 86.8 cm³/mol. The van der Waals surface area contributed by atoms with Crippen molar-refractivity contribution in [1.29, 1.82) is 0 Å². The molecule has 1 aliphatic rings. The number of halogens is 1. The highest BCUT2D eigenvalue weighted by atomic mass is 35.5. The van der Waals surface area contributed by atoms with Crippen molar-refractivity contribution in [3.8, 4) is 0 Å². The molecule has 21 heavy (non-hydrogen) atoms. The zero-order valence-electron chi connectivity index (χ0n) is 12.1. The molecule has 116 valence electrons. The van der Waals surface area contributed by atoms with Crippen LogP contribution in [0.15, 0.2) is 23.1 Å². The van der Waals surface area contributed by atoms with Crippen molar-refractivity contribution in [2.24, 2.45) is 0 Å². The van der Waals surface area contributed by atoms with Gasteiger partial charge in [0.15, 0.2) is 0 Å². The molecule has 2 unspecified atom stereocenters. The summed E-state index contributed by atoms with van der Waals surface area (Å²) in [5.41, 5.74) is 6.23. The molecule has 3 N–H and O–H groups in total. The standard InChI is InChI=1S/C15H21ClN2O2S/c1-10(15(19)18-12-5-3-2-4-6-12)21(20)14-9-11(16)7-8-13(14)17/h7-10,12H,2-6,17H2,1H3,(H,18,19). The lowest BCUT2D eigenvalue weighted by atomic mass is 9.95. The molecule has 1 saturated carbocycles. The van der Waals surface area contributed by atoms with Gasteiger partial charge in [0.1, 0.15) is 5.25 Å². The van der Waals surface area contributed by atoms with Crippen molar-refractivity contribution in [1.82, 2.24) is 5.32 Å². The van der Waals surface area contributed by atoms with Crippen LogP contribution < -0.4 is 11.1 Å². The van der Waals surface area contributed by atoms with Gasteiger partial charge in [0.2, 0.25) is 5.91 Å². The van der Waals surface area contributed by atoms with Gasteiger partial charge < -0.3 is 11.1 Å². The van der Waals surface area contributed by atoms with E-state index in [1.165, 1.54) is 6.42 Å². The number of rotatable bonds is 4. The van der Waals surface area contributed by atoms with Crippen LogP contribution in [0.3, 0.4) is 0 Å². The van der Waals surface area contributed by atoms with Crippen molar-refractivity contribution < 1.29 is 9.00 Å². The number of nitrogen functional groups attached to an aromatic ring is 1. The van der Waals surface area contributed by atoms with Crippen LogP contribution in [0.1, 0.15) is 39.0 Å². The van der Waals surface area contributed by atoms with Gasteiger partial charge in [-0.1, -0.05) is 30.9 Å². The van der Waals surface area contributed by atoms with E-state index in [1.807, 2.05) is 0 Å². The Kier molecular flexibility index (Phi) is 5.65. The Balaban J connectivity index is 2.04. The molecule has 0 heterocycles. The first-order valence-electron chi connectivity index (χ1n) is 7.25. The number of hydrogen-bond acceptors (Lipinski definition) is 3. The fourth-order valence-electron chi connectivity index (χ4n) is 2.54. The van der Waals surface area contributed by atoms with Crippen LogP contribution in [0.5, 0.6) is 0 Å². The van der Waals surface area contributed by atoms with Gasteiger partial charge in [0, 0.05) is 16.8 Å². The van der Waals surface area contributed by atoms with Crippen LogP contribution in [0.4, 0.5) is 5.69 Å². The van der Waals surface area contributed by atoms with Gasteiger partial charge >= 0.3 is 0 Å². The first kappa shape index (κ1) is 16.3. The fourth-order valence-corrected chi connectivity index (χ4v) is 3.96. The first-order valence-corrected chi connectivity index (χ1v) is 8.84. The highest BCUT2D eigenvalue weighted by Crippen LogP contribution is 2.24. The van der Waals surface area contributed by atoms with Crippen molar-refractivity contribution >= 4 is 34.0 Å². The molecule has 6 heteroatoms. The molecule has 2 atom stereocenters. The summed E-state index contributed by atoms with van der Waals surface area (Å²) in [5, 5.41) is 2.82. The maximum Gasteiger partial charge on any atom is 0.236 e. The second-order valence-electron chi connectivity index (χ2n) is 5.47. The zero-order valence-corrected chi connectivity index (χ0v) is 13.7. The molecule has 2 rings (SSSR count). The highest BCUT2D eigenvalue weighted by Gasteiger charge is 2.25. The van der Waals surface area contributed by atoms with Gasteiger partial charge in [0.25, 0.3) is 0 Å². The van der Waals surface area contributed by atoms with Crippen LogP contribution in [0.2, 0.25) is 5.02 Å². The van der Waals surface area contributed by atoms with Crippen LogP contribution in [-0.2, 0) is 15.6 Å². The molecule has 0 saturated heterocycles. The van der Waals surface area contributed by atoms with Gasteiger partial charge in [-0.25, -0.2) is 0 Å². The minimum atomic E-state index is -1.51. The number of amides is 1. The Morgan fingerprint density at radius 1 is 1.38 bits per heavy atom. The molecule has 1 amide bonds. The molecule has 0 radical (unpaired) electrons. The van der Waals surface area contributed by atoms with Crippen LogP contribution in [-0.4, -0.2) is 21.4 Å². The van der Waals surface area contributed by atoms with E-state index < -0.39 is 16.0 Å². The summed E-state index contributed by atoms with van der Waals surface area (Å²) in [6.45, 7) is 1.66. The maximum absolute atomic E-state index is 12.5. The number of nitrogens with one attached hydrogen (secondary N) is 1. The normalized spacial score (nSPS) is 19.0. The molecule has 0 bridgehead atoms. The van der Waals surface area contributed by atoms with Crippen molar-refractivity contribution in [3.63, 3.8) is 0 Å². The van der Waals surface area contributed by atoms with E-state index in [9.17, 15) is 9.00 Å². The largest absolute Gasteiger partial charge is 0.398 e. The third kappa shape index (κ3) is 4.20. The molecule has 4 nitrogen and oxygen atoms in total. The van der Waals surface area contributed by atoms with E-state index in [-0.39, 0.29) is 11.9 Å². The monoisotopic (exact) mass is 328 g/mol. The molecule has 1 aromatic carbocycles. The lowest BCUT2D eigenvalue weighted by Crippen LogP contribution is -2.42. The molecule has 0 spiro atoms. The van der Waals surface area contributed by atoms with Crippen molar-refractivity contribution in [3.05, 3.63) is 23.2 Å². The minimum absolute atomic E-state index is 0.181. The Morgan fingerprint density at radius 3 is 2.71 bits per heavy atom. The van der Waals surface area contributed by atoms with Crippen LogP contribution >= 0.6 is 11.6 Å². The summed E-state index contributed by atoms with van der Waals surface area (Å²) in [5.74, 6) is -0.181. The third-order valence-corrected chi connectivity index (χ3v) is 5.71. The summed E-state index contributed by atoms with van der Waals surface area (Å²) >= 11 is 5.91. The smallest absolute Gasteiger partial charge is 0.236 e. The van der Waals surface area contributed by atoms with Gasteiger partial charge in [-0.3, -0.25) is 9.00 Å². The summed E-state index contributed by atoms with van der Waals surface area (Å²) in [7, 11) is -1.51. The SMILES string of the molecule is CC(C(=O)NC1CCCCC1)S(=O)c1cc(Cl)ccc1N. The maximum atomic E-state index is 12.5. The molecule has 0 aliphatic heterocycles. The van der Waals surface area contributed by atoms with Gasteiger partial charge in [0.05, 0.1) is 15.7 Å². The summed E-state index contributed by atoms with van der Waals surface area (Å²) in [6, 6.07) is 5.03. The predicted octanol–water partition coefficient (Wildman–Crippen LogP) is 2.87. The Bertz CT molecular complexity index is 544. The van der Waals surface area contributed by atoms with E-state index in [1.54, 1.807) is 25.1 Å². The lowest BCUT2D eigenvalue weighted by Gasteiger charge is -2.24. The molecule has 0 aromatic heterocycles. The Labute approximate surface area is 132 Å². The van der Waals surface area contributed by atoms with E-state index in [0.29, 0.717) is 15.6 Å². The molecule has 1 fully saturated rings. The highest BCUT2D eigenvalue weighted by molar-refractivity contribution is 7.86. The third-order valence-electron chi connectivity index (χ3n) is 3.83. The second-order valence-corrected chi connectivity index (χ2v) is 7.64. The Hall–Kier alpha value is -1.07. The number of benzene rings is 1. The van der Waals surface area contributed by atoms with Crippen LogP contribution in [0.25, 0.3) is 0 Å². The summed E-state index contributed by atoms with van der Waals surface area (Å²) in [4.78, 5) is 12.7. The van der Waals surface area contributed by atoms with E-state index >= 15 is 0 Å². The number of nitrogens with two attached hydrogens (primary N) is 1. The first-order chi connectivity index (χ1) is 9.99. The average Bonchev–Trinajstić information content (AvgIpc) is 2.49. The molecular weight excluding hydrogens is 308 g/mol. The topological polar surface area (TPSA) is 72.2 Å². The van der Waals surface area contributed by atoms with Gasteiger partial charge in [-0.05, 0) is 38.0 Å². The molecule has 1 aliphatic carbocycles. The molecule has 1 aromatic rings. The van der Waals surface area contributed by atoms with Gasteiger partial charge in [-0.15, -0.1) is 0 Å². The average molecular weight is 329 g/mol. The number of anilines is 1. The number of carbonyl (C=O) groups excluding carboxylic acids is 1. The van der Waals surface area contributed by atoms with E-state index in [0.717, 1.165) is 25.7 Å². The second kappa shape index (κ2) is 7.27. The zero-order chi connectivity index (χ0) is 15.4. The summed E-state index contributed by atoms with van der Waals surface area (Å²) in [6.07, 6.45) is 5.52. The Morgan fingerprint density at radius 2 is 2.05 bits per heavy atom. The summed E-state index contributed by atoms with van der Waals surface area (Å²) < 4.78 is 12.5. The van der Waals surface area contributed by atoms with E-state index in [4.69, 9.17) is 17.3 Å². The van der Waals surface area contributed by atoms with E-state index in [2.05, 4.69) is 5.32 Å². The fraction of sp³-hybridized carbons (Fsp3) is 0.533. The lowest BCUT2D eigenvalue weighted by molar-refractivity contribution is -0.121. The molecular formula is C15H21ClN2O2S. The quantitative estimate of drug-likeness (QED) is 0.835. The number of carbonyl (C=O) groups is 1. The minimum Gasteiger partial charge on any atom is -0.398 e. The van der Waals surface area contributed by atoms with Crippen molar-refractivity contribution in [2.75, 3.05) is 5.73 Å². The number of hydrogen-bond donors (Lipinski definition) is 2. The van der Waals surface area contributed by atoms with Crippen molar-refractivity contribution in [2.45, 2.75) is 55.2 Å². The van der Waals surface area contributed by atoms with Gasteiger partial charge in [-0.2, -0.15) is 0 Å².